The standard InChI is InChI=1S/C16H32N2/c1-3-17-16-11-7-8-14(16)12-13-18(4-2)15-9-5-6-10-15/h14-17H,3-13H2,1-2H3. The highest BCUT2D eigenvalue weighted by Gasteiger charge is 2.28. The third-order valence-electron chi connectivity index (χ3n) is 5.16. The van der Waals surface area contributed by atoms with Crippen LogP contribution in [0.4, 0.5) is 0 Å². The molecule has 2 rings (SSSR count). The van der Waals surface area contributed by atoms with E-state index in [0.29, 0.717) is 0 Å². The van der Waals surface area contributed by atoms with Gasteiger partial charge in [0.1, 0.15) is 0 Å². The van der Waals surface area contributed by atoms with Gasteiger partial charge in [0.15, 0.2) is 0 Å². The van der Waals surface area contributed by atoms with Crippen LogP contribution in [0.2, 0.25) is 0 Å². The SMILES string of the molecule is CCNC1CCCC1CCN(CC)C1CCCC1. The number of nitrogens with zero attached hydrogens (tertiary/aromatic N) is 1. The summed E-state index contributed by atoms with van der Waals surface area (Å²) in [6, 6.07) is 1.73. The predicted molar refractivity (Wildman–Crippen MR) is 78.9 cm³/mol. The van der Waals surface area contributed by atoms with Crippen LogP contribution in [0.15, 0.2) is 0 Å². The Bertz CT molecular complexity index is 223. The monoisotopic (exact) mass is 252 g/mol. The maximum Gasteiger partial charge on any atom is 0.00956 e. The second-order valence-corrected chi connectivity index (χ2v) is 6.21. The average Bonchev–Trinajstić information content (AvgIpc) is 3.03. The summed E-state index contributed by atoms with van der Waals surface area (Å²) in [5.41, 5.74) is 0. The van der Waals surface area contributed by atoms with E-state index in [9.17, 15) is 0 Å². The zero-order chi connectivity index (χ0) is 12.8. The van der Waals surface area contributed by atoms with Gasteiger partial charge in [-0.05, 0) is 57.7 Å². The highest BCUT2D eigenvalue weighted by atomic mass is 15.1. The summed E-state index contributed by atoms with van der Waals surface area (Å²) in [7, 11) is 0. The molecule has 0 saturated heterocycles. The molecule has 0 aromatic heterocycles. The normalized spacial score (nSPS) is 29.5. The first-order chi connectivity index (χ1) is 8.85. The fourth-order valence-corrected chi connectivity index (χ4v) is 4.11. The van der Waals surface area contributed by atoms with Crippen LogP contribution < -0.4 is 5.32 Å². The summed E-state index contributed by atoms with van der Waals surface area (Å²) < 4.78 is 0. The maximum absolute atomic E-state index is 3.69. The third-order valence-corrected chi connectivity index (χ3v) is 5.16. The van der Waals surface area contributed by atoms with Gasteiger partial charge in [-0.3, -0.25) is 0 Å². The molecule has 2 heteroatoms. The lowest BCUT2D eigenvalue weighted by Gasteiger charge is -2.30. The predicted octanol–water partition coefficient (Wildman–Crippen LogP) is 3.42. The summed E-state index contributed by atoms with van der Waals surface area (Å²) in [6.07, 6.45) is 11.6. The quantitative estimate of drug-likeness (QED) is 0.747. The van der Waals surface area contributed by atoms with E-state index in [0.717, 1.165) is 24.5 Å². The zero-order valence-corrected chi connectivity index (χ0v) is 12.5. The van der Waals surface area contributed by atoms with Crippen molar-refractivity contribution in [3.8, 4) is 0 Å². The molecule has 2 atom stereocenters. The van der Waals surface area contributed by atoms with E-state index in [1.54, 1.807) is 0 Å². The molecule has 2 fully saturated rings. The number of nitrogens with one attached hydrogen (secondary N) is 1. The van der Waals surface area contributed by atoms with Gasteiger partial charge in [0.2, 0.25) is 0 Å². The Labute approximate surface area is 114 Å². The van der Waals surface area contributed by atoms with Crippen molar-refractivity contribution < 1.29 is 0 Å². The molecule has 1 N–H and O–H groups in total. The van der Waals surface area contributed by atoms with E-state index in [4.69, 9.17) is 0 Å². The van der Waals surface area contributed by atoms with Crippen LogP contribution in [0.1, 0.15) is 65.2 Å². The molecule has 0 heterocycles. The molecule has 2 saturated carbocycles. The van der Waals surface area contributed by atoms with Crippen molar-refractivity contribution in [3.63, 3.8) is 0 Å². The van der Waals surface area contributed by atoms with E-state index >= 15 is 0 Å². The molecule has 0 aromatic rings. The lowest BCUT2D eigenvalue weighted by Crippen LogP contribution is -2.37. The maximum atomic E-state index is 3.69. The molecule has 0 aliphatic heterocycles. The lowest BCUT2D eigenvalue weighted by molar-refractivity contribution is 0.189. The van der Waals surface area contributed by atoms with E-state index in [1.165, 1.54) is 64.5 Å². The lowest BCUT2D eigenvalue weighted by atomic mass is 9.98. The average molecular weight is 252 g/mol. The molecular formula is C16H32N2. The molecule has 0 spiro atoms. The molecule has 0 radical (unpaired) electrons. The van der Waals surface area contributed by atoms with Gasteiger partial charge in [0.05, 0.1) is 0 Å². The van der Waals surface area contributed by atoms with E-state index < -0.39 is 0 Å². The Balaban J connectivity index is 1.74. The van der Waals surface area contributed by atoms with Crippen LogP contribution in [0.25, 0.3) is 0 Å². The van der Waals surface area contributed by atoms with Crippen LogP contribution in [-0.2, 0) is 0 Å². The molecule has 2 nitrogen and oxygen atoms in total. The topological polar surface area (TPSA) is 15.3 Å². The minimum atomic E-state index is 0.817. The van der Waals surface area contributed by atoms with Gasteiger partial charge < -0.3 is 10.2 Å². The fourth-order valence-electron chi connectivity index (χ4n) is 4.11. The van der Waals surface area contributed by atoms with Crippen LogP contribution in [0.3, 0.4) is 0 Å². The first-order valence-corrected chi connectivity index (χ1v) is 8.32. The summed E-state index contributed by atoms with van der Waals surface area (Å²) in [5.74, 6) is 0.945. The summed E-state index contributed by atoms with van der Waals surface area (Å²) in [4.78, 5) is 2.76. The molecule has 106 valence electrons. The minimum Gasteiger partial charge on any atom is -0.314 e. The molecule has 2 aliphatic rings. The number of hydrogen-bond donors (Lipinski definition) is 1. The third kappa shape index (κ3) is 3.71. The minimum absolute atomic E-state index is 0.817. The molecule has 18 heavy (non-hydrogen) atoms. The van der Waals surface area contributed by atoms with Gasteiger partial charge in [0.25, 0.3) is 0 Å². The van der Waals surface area contributed by atoms with Gasteiger partial charge in [-0.15, -0.1) is 0 Å². The number of hydrogen-bond acceptors (Lipinski definition) is 2. The van der Waals surface area contributed by atoms with Crippen molar-refractivity contribution in [2.45, 2.75) is 77.3 Å². The van der Waals surface area contributed by atoms with Gasteiger partial charge >= 0.3 is 0 Å². The van der Waals surface area contributed by atoms with Crippen LogP contribution in [0.5, 0.6) is 0 Å². The molecule has 0 bridgehead atoms. The van der Waals surface area contributed by atoms with Crippen LogP contribution >= 0.6 is 0 Å². The Morgan fingerprint density at radius 2 is 1.78 bits per heavy atom. The first kappa shape index (κ1) is 14.3. The Hall–Kier alpha value is -0.0800. The van der Waals surface area contributed by atoms with Crippen LogP contribution in [0, 0.1) is 5.92 Å². The van der Waals surface area contributed by atoms with Gasteiger partial charge in [0, 0.05) is 12.1 Å². The van der Waals surface area contributed by atoms with Crippen molar-refractivity contribution in [2.24, 2.45) is 5.92 Å². The molecular weight excluding hydrogens is 220 g/mol. The van der Waals surface area contributed by atoms with Crippen molar-refractivity contribution >= 4 is 0 Å². The van der Waals surface area contributed by atoms with E-state index in [-0.39, 0.29) is 0 Å². The first-order valence-electron chi connectivity index (χ1n) is 8.32. The van der Waals surface area contributed by atoms with Gasteiger partial charge in [-0.1, -0.05) is 33.1 Å². The van der Waals surface area contributed by atoms with Crippen molar-refractivity contribution in [1.29, 1.82) is 0 Å². The molecule has 0 amide bonds. The van der Waals surface area contributed by atoms with E-state index in [1.807, 2.05) is 0 Å². The Morgan fingerprint density at radius 1 is 1.00 bits per heavy atom. The molecule has 0 aromatic carbocycles. The Kier molecular flexibility index (Phi) is 5.97. The largest absolute Gasteiger partial charge is 0.314 e. The smallest absolute Gasteiger partial charge is 0.00956 e. The van der Waals surface area contributed by atoms with E-state index in [2.05, 4.69) is 24.1 Å². The summed E-state index contributed by atoms with van der Waals surface area (Å²) in [6.45, 7) is 8.32. The molecule has 2 unspecified atom stereocenters. The molecule has 2 aliphatic carbocycles. The summed E-state index contributed by atoms with van der Waals surface area (Å²) in [5, 5.41) is 3.69. The Morgan fingerprint density at radius 3 is 2.44 bits per heavy atom. The number of rotatable bonds is 7. The second-order valence-electron chi connectivity index (χ2n) is 6.21. The fraction of sp³-hybridized carbons (Fsp3) is 1.00. The van der Waals surface area contributed by atoms with Crippen molar-refractivity contribution in [3.05, 3.63) is 0 Å². The van der Waals surface area contributed by atoms with Crippen LogP contribution in [-0.4, -0.2) is 36.6 Å². The van der Waals surface area contributed by atoms with Gasteiger partial charge in [-0.2, -0.15) is 0 Å². The van der Waals surface area contributed by atoms with Crippen molar-refractivity contribution in [2.75, 3.05) is 19.6 Å². The zero-order valence-electron chi connectivity index (χ0n) is 12.5. The highest BCUT2D eigenvalue weighted by molar-refractivity contribution is 4.84. The summed E-state index contributed by atoms with van der Waals surface area (Å²) >= 11 is 0. The van der Waals surface area contributed by atoms with Crippen molar-refractivity contribution in [1.82, 2.24) is 10.2 Å². The highest BCUT2D eigenvalue weighted by Crippen LogP contribution is 2.30. The van der Waals surface area contributed by atoms with Gasteiger partial charge in [-0.25, -0.2) is 0 Å². The second kappa shape index (κ2) is 7.49.